The summed E-state index contributed by atoms with van der Waals surface area (Å²) >= 11 is 1.35. The molecule has 3 N–H and O–H groups in total. The lowest BCUT2D eigenvalue weighted by molar-refractivity contribution is 0.0136. The second kappa shape index (κ2) is 9.31. The average Bonchev–Trinajstić information content (AvgIpc) is 3.41. The van der Waals surface area contributed by atoms with Gasteiger partial charge < -0.3 is 20.3 Å². The molecular formula is C26H24N2O4S. The molecule has 168 valence electrons. The Morgan fingerprint density at radius 1 is 0.970 bits per heavy atom. The van der Waals surface area contributed by atoms with E-state index in [9.17, 15) is 15.0 Å². The number of benzene rings is 3. The van der Waals surface area contributed by atoms with Gasteiger partial charge in [-0.1, -0.05) is 60.7 Å². The van der Waals surface area contributed by atoms with Gasteiger partial charge in [0.2, 0.25) is 0 Å². The third-order valence-corrected chi connectivity index (χ3v) is 7.09. The highest BCUT2D eigenvalue weighted by Crippen LogP contribution is 2.44. The number of aliphatic hydroxyl groups excluding tert-OH is 2. The summed E-state index contributed by atoms with van der Waals surface area (Å²) < 4.78 is 6.46. The van der Waals surface area contributed by atoms with E-state index in [0.29, 0.717) is 5.01 Å². The zero-order valence-corrected chi connectivity index (χ0v) is 18.7. The molecule has 0 saturated heterocycles. The molecule has 3 aromatic carbocycles. The SMILES string of the molecule is O=C(NCCC(O)C(O)c1nc2ccccc2s1)OCC1c2ccccc2-c2ccccc21. The maximum Gasteiger partial charge on any atom is 0.407 e. The third kappa shape index (κ3) is 4.35. The van der Waals surface area contributed by atoms with Crippen molar-refractivity contribution in [1.29, 1.82) is 0 Å². The Bertz CT molecular complexity index is 1210. The minimum Gasteiger partial charge on any atom is -0.449 e. The molecule has 2 atom stereocenters. The smallest absolute Gasteiger partial charge is 0.407 e. The molecule has 7 heteroatoms. The van der Waals surface area contributed by atoms with Crippen molar-refractivity contribution in [3.8, 4) is 11.1 Å². The van der Waals surface area contributed by atoms with Gasteiger partial charge in [0.25, 0.3) is 0 Å². The van der Waals surface area contributed by atoms with E-state index in [1.165, 1.54) is 22.5 Å². The zero-order valence-electron chi connectivity index (χ0n) is 17.8. The van der Waals surface area contributed by atoms with Crippen molar-refractivity contribution in [3.63, 3.8) is 0 Å². The molecule has 33 heavy (non-hydrogen) atoms. The van der Waals surface area contributed by atoms with Crippen LogP contribution in [0.15, 0.2) is 72.8 Å². The fraction of sp³-hybridized carbons (Fsp3) is 0.231. The monoisotopic (exact) mass is 460 g/mol. The number of nitrogens with one attached hydrogen (secondary N) is 1. The molecule has 0 fully saturated rings. The fourth-order valence-electron chi connectivity index (χ4n) is 4.31. The highest BCUT2D eigenvalue weighted by atomic mass is 32.1. The zero-order chi connectivity index (χ0) is 22.8. The lowest BCUT2D eigenvalue weighted by atomic mass is 9.98. The first-order chi connectivity index (χ1) is 16.1. The number of aliphatic hydroxyl groups is 2. The Morgan fingerprint density at radius 2 is 1.61 bits per heavy atom. The van der Waals surface area contributed by atoms with Crippen LogP contribution in [0.4, 0.5) is 4.79 Å². The van der Waals surface area contributed by atoms with Crippen LogP contribution in [0.5, 0.6) is 0 Å². The Labute approximate surface area is 195 Å². The molecule has 1 aliphatic rings. The largest absolute Gasteiger partial charge is 0.449 e. The first-order valence-electron chi connectivity index (χ1n) is 10.9. The van der Waals surface area contributed by atoms with E-state index < -0.39 is 18.3 Å². The number of hydrogen-bond donors (Lipinski definition) is 3. The topological polar surface area (TPSA) is 91.7 Å². The molecule has 1 aliphatic carbocycles. The first-order valence-corrected chi connectivity index (χ1v) is 11.7. The molecule has 0 radical (unpaired) electrons. The summed E-state index contributed by atoms with van der Waals surface area (Å²) in [6.07, 6.45) is -2.51. The van der Waals surface area contributed by atoms with E-state index in [2.05, 4.69) is 34.6 Å². The molecule has 4 aromatic rings. The van der Waals surface area contributed by atoms with E-state index in [0.717, 1.165) is 21.3 Å². The quantitative estimate of drug-likeness (QED) is 0.374. The van der Waals surface area contributed by atoms with E-state index in [1.807, 2.05) is 48.5 Å². The number of carbonyl (C=O) groups excluding carboxylic acids is 1. The number of para-hydroxylation sites is 1. The minimum atomic E-state index is -1.10. The second-order valence-electron chi connectivity index (χ2n) is 8.07. The lowest BCUT2D eigenvalue weighted by Crippen LogP contribution is -2.30. The number of hydrogen-bond acceptors (Lipinski definition) is 6. The Kier molecular flexibility index (Phi) is 6.09. The van der Waals surface area contributed by atoms with Crippen LogP contribution in [0, 0.1) is 0 Å². The van der Waals surface area contributed by atoms with Crippen LogP contribution < -0.4 is 5.32 Å². The average molecular weight is 461 g/mol. The normalized spacial score (nSPS) is 14.5. The molecule has 5 rings (SSSR count). The number of alkyl carbamates (subject to hydrolysis) is 1. The van der Waals surface area contributed by atoms with Gasteiger partial charge in [0.05, 0.1) is 16.3 Å². The molecular weight excluding hydrogens is 436 g/mol. The summed E-state index contributed by atoms with van der Waals surface area (Å²) in [5.74, 6) is -0.00500. The van der Waals surface area contributed by atoms with E-state index in [-0.39, 0.29) is 25.5 Å². The van der Waals surface area contributed by atoms with Crippen molar-refractivity contribution in [2.45, 2.75) is 24.5 Å². The second-order valence-corrected chi connectivity index (χ2v) is 9.14. The van der Waals surface area contributed by atoms with Crippen molar-refractivity contribution >= 4 is 27.6 Å². The predicted octanol–water partition coefficient (Wildman–Crippen LogP) is 4.62. The number of rotatable bonds is 7. The van der Waals surface area contributed by atoms with Crippen molar-refractivity contribution in [1.82, 2.24) is 10.3 Å². The van der Waals surface area contributed by atoms with Crippen LogP contribution in [-0.4, -0.2) is 40.5 Å². The summed E-state index contributed by atoms with van der Waals surface area (Å²) in [5, 5.41) is 23.9. The van der Waals surface area contributed by atoms with Crippen LogP contribution in [-0.2, 0) is 4.74 Å². The van der Waals surface area contributed by atoms with Crippen molar-refractivity contribution in [3.05, 3.63) is 88.9 Å². The fourth-order valence-corrected chi connectivity index (χ4v) is 5.32. The van der Waals surface area contributed by atoms with E-state index in [1.54, 1.807) is 0 Å². The van der Waals surface area contributed by atoms with Gasteiger partial charge in [0, 0.05) is 12.5 Å². The molecule has 0 saturated carbocycles. The molecule has 0 spiro atoms. The van der Waals surface area contributed by atoms with Gasteiger partial charge >= 0.3 is 6.09 Å². The number of nitrogens with zero attached hydrogens (tertiary/aromatic N) is 1. The number of amides is 1. The maximum absolute atomic E-state index is 12.3. The van der Waals surface area contributed by atoms with Crippen LogP contribution in [0.1, 0.15) is 34.6 Å². The van der Waals surface area contributed by atoms with Gasteiger partial charge in [0.15, 0.2) is 0 Å². The van der Waals surface area contributed by atoms with Crippen LogP contribution in [0.3, 0.4) is 0 Å². The summed E-state index contributed by atoms with van der Waals surface area (Å²) in [6.45, 7) is 0.413. The Balaban J connectivity index is 1.13. The minimum absolute atomic E-state index is 0.00500. The molecule has 2 unspecified atom stereocenters. The third-order valence-electron chi connectivity index (χ3n) is 5.98. The van der Waals surface area contributed by atoms with Crippen LogP contribution in [0.25, 0.3) is 21.3 Å². The highest BCUT2D eigenvalue weighted by Gasteiger charge is 2.29. The number of fused-ring (bicyclic) bond motifs is 4. The molecule has 0 bridgehead atoms. The first kappa shape index (κ1) is 21.6. The lowest BCUT2D eigenvalue weighted by Gasteiger charge is -2.17. The summed E-state index contributed by atoms with van der Waals surface area (Å²) in [4.78, 5) is 16.7. The van der Waals surface area contributed by atoms with Gasteiger partial charge in [-0.05, 0) is 40.8 Å². The van der Waals surface area contributed by atoms with Crippen molar-refractivity contribution in [2.75, 3.05) is 13.2 Å². The van der Waals surface area contributed by atoms with Crippen molar-refractivity contribution in [2.24, 2.45) is 0 Å². The standard InChI is InChI=1S/C26H24N2O4S/c29-22(24(30)25-28-21-11-5-6-12-23(21)33-25)13-14-27-26(31)32-15-20-18-9-3-1-7-16(18)17-8-2-4-10-19(17)20/h1-12,20,22,24,29-30H,13-15H2,(H,27,31). The Morgan fingerprint density at radius 3 is 2.30 bits per heavy atom. The van der Waals surface area contributed by atoms with Gasteiger partial charge in [0.1, 0.15) is 17.7 Å². The predicted molar refractivity (Wildman–Crippen MR) is 128 cm³/mol. The summed E-state index contributed by atoms with van der Waals surface area (Å²) in [6, 6.07) is 23.9. The van der Waals surface area contributed by atoms with Crippen LogP contribution >= 0.6 is 11.3 Å². The number of thiazole rings is 1. The van der Waals surface area contributed by atoms with E-state index >= 15 is 0 Å². The molecule has 1 amide bonds. The number of carbonyl (C=O) groups is 1. The molecule has 1 heterocycles. The maximum atomic E-state index is 12.3. The highest BCUT2D eigenvalue weighted by molar-refractivity contribution is 7.18. The van der Waals surface area contributed by atoms with Gasteiger partial charge in [-0.25, -0.2) is 9.78 Å². The number of ether oxygens (including phenoxy) is 1. The number of aromatic nitrogens is 1. The summed E-state index contributed by atoms with van der Waals surface area (Å²) in [5.41, 5.74) is 5.45. The van der Waals surface area contributed by atoms with Gasteiger partial charge in [-0.15, -0.1) is 11.3 Å². The Hall–Kier alpha value is -3.26. The van der Waals surface area contributed by atoms with Gasteiger partial charge in [-0.2, -0.15) is 0 Å². The molecule has 6 nitrogen and oxygen atoms in total. The van der Waals surface area contributed by atoms with Gasteiger partial charge in [-0.3, -0.25) is 0 Å². The molecule has 1 aromatic heterocycles. The van der Waals surface area contributed by atoms with Crippen LogP contribution in [0.2, 0.25) is 0 Å². The van der Waals surface area contributed by atoms with E-state index in [4.69, 9.17) is 4.74 Å². The molecule has 0 aliphatic heterocycles. The van der Waals surface area contributed by atoms with Crippen molar-refractivity contribution < 1.29 is 19.7 Å². The summed E-state index contributed by atoms with van der Waals surface area (Å²) in [7, 11) is 0.